The second kappa shape index (κ2) is 7.49. The molecule has 0 rings (SSSR count). The Balaban J connectivity index is 4.64. The first-order chi connectivity index (χ1) is 8.74. The molecule has 0 amide bonds. The van der Waals surface area contributed by atoms with Crippen LogP contribution in [0.5, 0.6) is 0 Å². The molecule has 0 aromatic heterocycles. The molecule has 8 nitrogen and oxygen atoms in total. The van der Waals surface area contributed by atoms with Crippen molar-refractivity contribution >= 4 is 17.9 Å². The molecule has 0 saturated heterocycles. The van der Waals surface area contributed by atoms with Crippen molar-refractivity contribution in [2.24, 2.45) is 5.41 Å². The highest BCUT2D eigenvalue weighted by Gasteiger charge is 2.24. The summed E-state index contributed by atoms with van der Waals surface area (Å²) in [5, 5.41) is 35.0. The van der Waals surface area contributed by atoms with E-state index in [1.54, 1.807) is 0 Å². The van der Waals surface area contributed by atoms with Crippen LogP contribution in [0.3, 0.4) is 0 Å². The monoisotopic (exact) mass is 276 g/mol. The van der Waals surface area contributed by atoms with Gasteiger partial charge in [-0.1, -0.05) is 6.92 Å². The molecule has 8 heteroatoms. The average molecular weight is 276 g/mol. The maximum atomic E-state index is 11.3. The van der Waals surface area contributed by atoms with E-state index in [-0.39, 0.29) is 6.61 Å². The van der Waals surface area contributed by atoms with E-state index in [0.717, 1.165) is 0 Å². The molecule has 108 valence electrons. The van der Waals surface area contributed by atoms with Crippen LogP contribution in [0.2, 0.25) is 0 Å². The molecule has 0 aliphatic carbocycles. The molecule has 0 radical (unpaired) electrons. The molecular weight excluding hydrogens is 260 g/mol. The van der Waals surface area contributed by atoms with Gasteiger partial charge in [0.15, 0.2) is 0 Å². The van der Waals surface area contributed by atoms with E-state index in [2.05, 4.69) is 4.74 Å². The fourth-order valence-electron chi connectivity index (χ4n) is 0.922. The van der Waals surface area contributed by atoms with E-state index in [1.165, 1.54) is 6.92 Å². The highest BCUT2D eigenvalue weighted by molar-refractivity contribution is 5.98. The van der Waals surface area contributed by atoms with E-state index < -0.39 is 48.5 Å². The van der Waals surface area contributed by atoms with Crippen LogP contribution >= 0.6 is 0 Å². The van der Waals surface area contributed by atoms with Gasteiger partial charge in [0.1, 0.15) is 6.61 Å². The highest BCUT2D eigenvalue weighted by Crippen LogP contribution is 2.14. The lowest BCUT2D eigenvalue weighted by Gasteiger charge is -2.23. The average Bonchev–Trinajstić information content (AvgIpc) is 2.34. The van der Waals surface area contributed by atoms with Gasteiger partial charge in [-0.2, -0.15) is 0 Å². The van der Waals surface area contributed by atoms with Gasteiger partial charge in [-0.25, -0.2) is 9.59 Å². The number of aliphatic carboxylic acids is 2. The molecule has 0 spiro atoms. The summed E-state index contributed by atoms with van der Waals surface area (Å²) in [5.41, 5.74) is -1.66. The molecule has 4 N–H and O–H groups in total. The maximum Gasteiger partial charge on any atom is 0.332 e. The third-order valence-corrected chi connectivity index (χ3v) is 2.23. The molecule has 0 bridgehead atoms. The zero-order chi connectivity index (χ0) is 15.1. The van der Waals surface area contributed by atoms with Crippen LogP contribution in [0.25, 0.3) is 0 Å². The van der Waals surface area contributed by atoms with E-state index >= 15 is 0 Å². The van der Waals surface area contributed by atoms with Gasteiger partial charge in [-0.3, -0.25) is 4.79 Å². The number of hydrogen-bond donors (Lipinski definition) is 4. The van der Waals surface area contributed by atoms with Crippen LogP contribution in [0, 0.1) is 5.41 Å². The van der Waals surface area contributed by atoms with Crippen LogP contribution in [-0.4, -0.2) is 58.2 Å². The van der Waals surface area contributed by atoms with Crippen molar-refractivity contribution in [3.8, 4) is 0 Å². The summed E-state index contributed by atoms with van der Waals surface area (Å²) in [6, 6.07) is 0. The Bertz CT molecular complexity index is 380. The fraction of sp³-hybridized carbons (Fsp3) is 0.545. The molecule has 0 atom stereocenters. The molecule has 0 aliphatic rings. The predicted molar refractivity (Wildman–Crippen MR) is 61.2 cm³/mol. The minimum absolute atomic E-state index is 0.324. The van der Waals surface area contributed by atoms with Gasteiger partial charge in [-0.15, -0.1) is 0 Å². The number of ether oxygens (including phenoxy) is 1. The van der Waals surface area contributed by atoms with Crippen molar-refractivity contribution in [1.29, 1.82) is 0 Å². The van der Waals surface area contributed by atoms with Gasteiger partial charge in [0.2, 0.25) is 0 Å². The summed E-state index contributed by atoms with van der Waals surface area (Å²) in [6.07, 6.45) is -0.257. The normalized spacial score (nSPS) is 12.1. The van der Waals surface area contributed by atoms with Gasteiger partial charge >= 0.3 is 17.9 Å². The number of esters is 1. The van der Waals surface area contributed by atoms with Crippen molar-refractivity contribution in [3.63, 3.8) is 0 Å². The lowest BCUT2D eigenvalue weighted by Crippen LogP contribution is -2.32. The van der Waals surface area contributed by atoms with Crippen molar-refractivity contribution in [3.05, 3.63) is 11.6 Å². The molecule has 0 unspecified atom stereocenters. The highest BCUT2D eigenvalue weighted by atomic mass is 16.5. The topological polar surface area (TPSA) is 141 Å². The van der Waals surface area contributed by atoms with E-state index in [9.17, 15) is 14.4 Å². The van der Waals surface area contributed by atoms with Crippen LogP contribution < -0.4 is 0 Å². The van der Waals surface area contributed by atoms with Crippen LogP contribution in [0.1, 0.15) is 13.3 Å². The second-order valence-corrected chi connectivity index (χ2v) is 4.28. The predicted octanol–water partition coefficient (Wildman–Crippen LogP) is -0.994. The SMILES string of the molecule is CC(CO)(CO)COC(=O)C=C(CC(=O)O)C(=O)O. The van der Waals surface area contributed by atoms with Crippen LogP contribution in [0.15, 0.2) is 11.6 Å². The number of carbonyl (C=O) groups excluding carboxylic acids is 1. The Labute approximate surface area is 108 Å². The molecule has 0 aromatic rings. The quantitative estimate of drug-likeness (QED) is 0.327. The molecule has 0 fully saturated rings. The van der Waals surface area contributed by atoms with E-state index in [4.69, 9.17) is 20.4 Å². The van der Waals surface area contributed by atoms with Crippen molar-refractivity contribution < 1.29 is 39.5 Å². The number of aliphatic hydroxyl groups is 2. The summed E-state index contributed by atoms with van der Waals surface area (Å²) >= 11 is 0. The molecular formula is C11H16O8. The van der Waals surface area contributed by atoms with Crippen LogP contribution in [-0.2, 0) is 19.1 Å². The Morgan fingerprint density at radius 3 is 2.05 bits per heavy atom. The van der Waals surface area contributed by atoms with E-state index in [1.807, 2.05) is 0 Å². The number of hydrogen-bond acceptors (Lipinski definition) is 6. The standard InChI is InChI=1S/C11H16O8/c1-11(4-12,5-13)6-19-9(16)3-7(10(17)18)2-8(14)15/h3,12-13H,2,4-6H2,1H3,(H,14,15)(H,17,18). The minimum Gasteiger partial charge on any atom is -0.481 e. The molecule has 0 aromatic carbocycles. The second-order valence-electron chi connectivity index (χ2n) is 4.28. The fourth-order valence-corrected chi connectivity index (χ4v) is 0.922. The number of carbonyl (C=O) groups is 3. The first-order valence-electron chi connectivity index (χ1n) is 5.28. The molecule has 19 heavy (non-hydrogen) atoms. The summed E-state index contributed by atoms with van der Waals surface area (Å²) in [5.74, 6) is -3.98. The van der Waals surface area contributed by atoms with Gasteiger partial charge in [-0.05, 0) is 0 Å². The largest absolute Gasteiger partial charge is 0.481 e. The molecule has 0 heterocycles. The maximum absolute atomic E-state index is 11.3. The first kappa shape index (κ1) is 17.1. The van der Waals surface area contributed by atoms with Gasteiger partial charge < -0.3 is 25.2 Å². The van der Waals surface area contributed by atoms with Crippen molar-refractivity contribution in [1.82, 2.24) is 0 Å². The lowest BCUT2D eigenvalue weighted by molar-refractivity contribution is -0.144. The molecule has 0 aliphatic heterocycles. The third kappa shape index (κ3) is 6.53. The summed E-state index contributed by atoms with van der Waals surface area (Å²) in [4.78, 5) is 32.3. The van der Waals surface area contributed by atoms with Gasteiger partial charge in [0, 0.05) is 11.5 Å². The zero-order valence-electron chi connectivity index (χ0n) is 10.3. The Kier molecular flexibility index (Phi) is 6.73. The van der Waals surface area contributed by atoms with Crippen molar-refractivity contribution in [2.75, 3.05) is 19.8 Å². The summed E-state index contributed by atoms with van der Waals surface area (Å²) in [6.45, 7) is 0.275. The summed E-state index contributed by atoms with van der Waals surface area (Å²) in [7, 11) is 0. The first-order valence-corrected chi connectivity index (χ1v) is 5.28. The number of carboxylic acids is 2. The third-order valence-electron chi connectivity index (χ3n) is 2.23. The van der Waals surface area contributed by atoms with Crippen molar-refractivity contribution in [2.45, 2.75) is 13.3 Å². The van der Waals surface area contributed by atoms with Crippen LogP contribution in [0.4, 0.5) is 0 Å². The Morgan fingerprint density at radius 2 is 1.68 bits per heavy atom. The summed E-state index contributed by atoms with van der Waals surface area (Å²) < 4.78 is 4.66. The zero-order valence-corrected chi connectivity index (χ0v) is 10.3. The molecule has 0 saturated carbocycles. The number of rotatable bonds is 8. The number of aliphatic hydroxyl groups excluding tert-OH is 2. The Morgan fingerprint density at radius 1 is 1.16 bits per heavy atom. The number of carboxylic acid groups (broad SMARTS) is 2. The smallest absolute Gasteiger partial charge is 0.332 e. The minimum atomic E-state index is -1.54. The van der Waals surface area contributed by atoms with E-state index in [0.29, 0.717) is 6.08 Å². The van der Waals surface area contributed by atoms with Gasteiger partial charge in [0.05, 0.1) is 25.2 Å². The Hall–Kier alpha value is -1.93. The van der Waals surface area contributed by atoms with Gasteiger partial charge in [0.25, 0.3) is 0 Å². The lowest BCUT2D eigenvalue weighted by atomic mass is 9.95.